The normalized spacial score (nSPS) is 10.2. The SMILES string of the molecule is CCOCOC(=O)c1ccc(C)c(I)c1I. The number of ether oxygens (including phenoxy) is 2. The first-order chi connectivity index (χ1) is 7.57. The number of hydrogen-bond acceptors (Lipinski definition) is 3. The molecule has 1 aromatic rings. The number of aryl methyl sites for hydroxylation is 1. The third-order valence-corrected chi connectivity index (χ3v) is 5.52. The maximum atomic E-state index is 11.7. The van der Waals surface area contributed by atoms with Crippen LogP contribution >= 0.6 is 45.2 Å². The summed E-state index contributed by atoms with van der Waals surface area (Å²) < 4.78 is 12.0. The van der Waals surface area contributed by atoms with Crippen molar-refractivity contribution in [2.24, 2.45) is 0 Å². The molecule has 5 heteroatoms. The number of hydrogen-bond donors (Lipinski definition) is 0. The summed E-state index contributed by atoms with van der Waals surface area (Å²) >= 11 is 4.38. The molecule has 0 radical (unpaired) electrons. The van der Waals surface area contributed by atoms with Gasteiger partial charge < -0.3 is 9.47 Å². The molecule has 0 amide bonds. The molecular weight excluding hydrogens is 434 g/mol. The first kappa shape index (κ1) is 14.2. The van der Waals surface area contributed by atoms with Gasteiger partial charge >= 0.3 is 5.97 Å². The maximum Gasteiger partial charge on any atom is 0.341 e. The van der Waals surface area contributed by atoms with Crippen molar-refractivity contribution in [1.29, 1.82) is 0 Å². The Morgan fingerprint density at radius 3 is 2.62 bits per heavy atom. The molecule has 0 unspecified atom stereocenters. The van der Waals surface area contributed by atoms with E-state index in [0.29, 0.717) is 12.2 Å². The summed E-state index contributed by atoms with van der Waals surface area (Å²) in [7, 11) is 0. The molecule has 0 spiro atoms. The van der Waals surface area contributed by atoms with Gasteiger partial charge in [0.05, 0.1) is 5.56 Å². The van der Waals surface area contributed by atoms with Crippen LogP contribution in [0.15, 0.2) is 12.1 Å². The minimum atomic E-state index is -0.337. The molecule has 16 heavy (non-hydrogen) atoms. The van der Waals surface area contributed by atoms with Gasteiger partial charge in [0.1, 0.15) is 0 Å². The van der Waals surface area contributed by atoms with E-state index < -0.39 is 0 Å². The molecule has 1 rings (SSSR count). The van der Waals surface area contributed by atoms with Gasteiger partial charge in [-0.05, 0) is 70.7 Å². The topological polar surface area (TPSA) is 35.5 Å². The monoisotopic (exact) mass is 446 g/mol. The number of carbonyl (C=O) groups excluding carboxylic acids is 1. The van der Waals surface area contributed by atoms with Crippen LogP contribution in [0.5, 0.6) is 0 Å². The molecule has 0 aromatic heterocycles. The number of halogens is 2. The Morgan fingerprint density at radius 2 is 2.00 bits per heavy atom. The molecule has 0 fully saturated rings. The highest BCUT2D eigenvalue weighted by Gasteiger charge is 2.14. The molecule has 1 aromatic carbocycles. The van der Waals surface area contributed by atoms with Gasteiger partial charge in [-0.3, -0.25) is 0 Å². The highest BCUT2D eigenvalue weighted by molar-refractivity contribution is 14.1. The molecule has 0 N–H and O–H groups in total. The fourth-order valence-electron chi connectivity index (χ4n) is 1.06. The average Bonchev–Trinajstić information content (AvgIpc) is 2.26. The average molecular weight is 446 g/mol. The molecule has 0 aliphatic carbocycles. The fraction of sp³-hybridized carbons (Fsp3) is 0.364. The minimum Gasteiger partial charge on any atom is -0.435 e. The van der Waals surface area contributed by atoms with Crippen LogP contribution in [0.2, 0.25) is 0 Å². The molecule has 0 atom stereocenters. The Kier molecular flexibility index (Phi) is 5.98. The minimum absolute atomic E-state index is 0.00979. The van der Waals surface area contributed by atoms with Crippen LogP contribution in [0.25, 0.3) is 0 Å². The van der Waals surface area contributed by atoms with Crippen molar-refractivity contribution >= 4 is 51.2 Å². The number of esters is 1. The first-order valence-electron chi connectivity index (χ1n) is 4.77. The first-order valence-corrected chi connectivity index (χ1v) is 6.93. The van der Waals surface area contributed by atoms with E-state index >= 15 is 0 Å². The zero-order valence-corrected chi connectivity index (χ0v) is 13.4. The predicted octanol–water partition coefficient (Wildman–Crippen LogP) is 3.36. The van der Waals surface area contributed by atoms with Crippen molar-refractivity contribution in [3.05, 3.63) is 30.4 Å². The van der Waals surface area contributed by atoms with Gasteiger partial charge in [0.2, 0.25) is 0 Å². The molecule has 0 aliphatic rings. The third kappa shape index (κ3) is 3.56. The van der Waals surface area contributed by atoms with Crippen molar-refractivity contribution in [3.63, 3.8) is 0 Å². The van der Waals surface area contributed by atoms with Crippen LogP contribution in [0.3, 0.4) is 0 Å². The fourth-order valence-corrected chi connectivity index (χ4v) is 2.36. The second-order valence-electron chi connectivity index (χ2n) is 3.10. The van der Waals surface area contributed by atoms with Crippen molar-refractivity contribution in [2.45, 2.75) is 13.8 Å². The summed E-state index contributed by atoms with van der Waals surface area (Å²) in [4.78, 5) is 11.7. The van der Waals surface area contributed by atoms with Gasteiger partial charge in [-0.2, -0.15) is 0 Å². The standard InChI is InChI=1S/C11H12I2O3/c1-3-15-6-16-11(14)8-5-4-7(2)9(12)10(8)13/h4-5H,3,6H2,1-2H3. The zero-order chi connectivity index (χ0) is 12.1. The Bertz CT molecular complexity index is 391. The van der Waals surface area contributed by atoms with Crippen LogP contribution in [-0.4, -0.2) is 19.4 Å². The van der Waals surface area contributed by atoms with Gasteiger partial charge in [-0.15, -0.1) is 0 Å². The summed E-state index contributed by atoms with van der Waals surface area (Å²) in [5.41, 5.74) is 1.75. The summed E-state index contributed by atoms with van der Waals surface area (Å²) in [5.74, 6) is -0.337. The Morgan fingerprint density at radius 1 is 1.31 bits per heavy atom. The zero-order valence-electron chi connectivity index (χ0n) is 9.05. The van der Waals surface area contributed by atoms with Gasteiger partial charge in [-0.1, -0.05) is 6.07 Å². The van der Waals surface area contributed by atoms with E-state index in [9.17, 15) is 4.79 Å². The van der Waals surface area contributed by atoms with Gasteiger partial charge in [0.25, 0.3) is 0 Å². The van der Waals surface area contributed by atoms with Gasteiger partial charge in [0, 0.05) is 13.7 Å². The summed E-state index contributed by atoms with van der Waals surface area (Å²) in [5, 5.41) is 0. The molecular formula is C11H12I2O3. The van der Waals surface area contributed by atoms with Gasteiger partial charge in [-0.25, -0.2) is 4.79 Å². The molecule has 0 saturated heterocycles. The van der Waals surface area contributed by atoms with E-state index in [1.54, 1.807) is 6.07 Å². The summed E-state index contributed by atoms with van der Waals surface area (Å²) in [6.45, 7) is 4.41. The van der Waals surface area contributed by atoms with Crippen molar-refractivity contribution in [2.75, 3.05) is 13.4 Å². The van der Waals surface area contributed by atoms with E-state index in [-0.39, 0.29) is 12.8 Å². The summed E-state index contributed by atoms with van der Waals surface area (Å²) in [6.07, 6.45) is 0. The molecule has 0 aliphatic heterocycles. The smallest absolute Gasteiger partial charge is 0.341 e. The van der Waals surface area contributed by atoms with Crippen molar-refractivity contribution in [1.82, 2.24) is 0 Å². The van der Waals surface area contributed by atoms with E-state index in [4.69, 9.17) is 9.47 Å². The Balaban J connectivity index is 2.80. The maximum absolute atomic E-state index is 11.7. The number of rotatable bonds is 4. The van der Waals surface area contributed by atoms with E-state index in [0.717, 1.165) is 12.7 Å². The third-order valence-electron chi connectivity index (χ3n) is 1.97. The molecule has 88 valence electrons. The second kappa shape index (κ2) is 6.75. The summed E-state index contributed by atoms with van der Waals surface area (Å²) in [6, 6.07) is 3.70. The van der Waals surface area contributed by atoms with E-state index in [2.05, 4.69) is 45.2 Å². The lowest BCUT2D eigenvalue weighted by atomic mass is 10.1. The lowest BCUT2D eigenvalue weighted by molar-refractivity contribution is -0.0275. The van der Waals surface area contributed by atoms with Crippen LogP contribution in [0.1, 0.15) is 22.8 Å². The Hall–Kier alpha value is 0.110. The molecule has 0 saturated carbocycles. The largest absolute Gasteiger partial charge is 0.435 e. The van der Waals surface area contributed by atoms with Crippen LogP contribution in [-0.2, 0) is 9.47 Å². The number of carbonyl (C=O) groups is 1. The lowest BCUT2D eigenvalue weighted by Crippen LogP contribution is -2.11. The number of benzene rings is 1. The van der Waals surface area contributed by atoms with E-state index in [1.807, 2.05) is 19.9 Å². The van der Waals surface area contributed by atoms with Crippen LogP contribution in [0, 0.1) is 14.1 Å². The lowest BCUT2D eigenvalue weighted by Gasteiger charge is -2.08. The van der Waals surface area contributed by atoms with Crippen molar-refractivity contribution in [3.8, 4) is 0 Å². The predicted molar refractivity (Wildman–Crippen MR) is 78.5 cm³/mol. The molecule has 0 heterocycles. The second-order valence-corrected chi connectivity index (χ2v) is 5.26. The van der Waals surface area contributed by atoms with Gasteiger partial charge in [0.15, 0.2) is 6.79 Å². The van der Waals surface area contributed by atoms with Crippen LogP contribution in [0.4, 0.5) is 0 Å². The molecule has 3 nitrogen and oxygen atoms in total. The van der Waals surface area contributed by atoms with Crippen LogP contribution < -0.4 is 0 Å². The van der Waals surface area contributed by atoms with Crippen molar-refractivity contribution < 1.29 is 14.3 Å². The molecule has 0 bridgehead atoms. The highest BCUT2D eigenvalue weighted by Crippen LogP contribution is 2.23. The van der Waals surface area contributed by atoms with E-state index in [1.165, 1.54) is 0 Å². The highest BCUT2D eigenvalue weighted by atomic mass is 127. The Labute approximate surface area is 122 Å². The quantitative estimate of drug-likeness (QED) is 0.308.